The molecule has 122 valence electrons. The molecule has 0 aliphatic carbocycles. The first-order chi connectivity index (χ1) is 10.4. The minimum atomic E-state index is -4.69. The molecule has 0 unspecified atom stereocenters. The number of aromatic amines is 1. The normalized spacial score (nSPS) is 12.7. The van der Waals surface area contributed by atoms with Gasteiger partial charge in [-0.25, -0.2) is 0 Å². The van der Waals surface area contributed by atoms with Crippen molar-refractivity contribution < 1.29 is 17.9 Å². The summed E-state index contributed by atoms with van der Waals surface area (Å²) in [7, 11) is 0. The number of ether oxygens (including phenoxy) is 1. The molecule has 2 aromatic carbocycles. The lowest BCUT2D eigenvalue weighted by molar-refractivity contribution is -0.274. The van der Waals surface area contributed by atoms with Gasteiger partial charge >= 0.3 is 6.36 Å². The van der Waals surface area contributed by atoms with E-state index < -0.39 is 12.4 Å². The SMILES string of the molecule is Cl.N[C@@H](c1ccc(OC(F)(F)F)cc1)c1cccc2[nH]ccc12. The predicted molar refractivity (Wildman–Crippen MR) is 84.7 cm³/mol. The monoisotopic (exact) mass is 342 g/mol. The third kappa shape index (κ3) is 3.78. The van der Waals surface area contributed by atoms with Crippen LogP contribution in [0.5, 0.6) is 5.75 Å². The highest BCUT2D eigenvalue weighted by atomic mass is 35.5. The van der Waals surface area contributed by atoms with Crippen LogP contribution < -0.4 is 10.5 Å². The van der Waals surface area contributed by atoms with Crippen LogP contribution in [-0.2, 0) is 0 Å². The Kier molecular flexibility index (Phi) is 4.87. The summed E-state index contributed by atoms with van der Waals surface area (Å²) in [6.45, 7) is 0. The van der Waals surface area contributed by atoms with Gasteiger partial charge in [-0.3, -0.25) is 0 Å². The van der Waals surface area contributed by atoms with Gasteiger partial charge < -0.3 is 15.5 Å². The van der Waals surface area contributed by atoms with Gasteiger partial charge in [-0.1, -0.05) is 24.3 Å². The first kappa shape index (κ1) is 17.2. The van der Waals surface area contributed by atoms with Gasteiger partial charge in [0.1, 0.15) is 5.75 Å². The van der Waals surface area contributed by atoms with Crippen LogP contribution in [0.25, 0.3) is 10.9 Å². The second-order valence-electron chi connectivity index (χ2n) is 4.88. The number of fused-ring (bicyclic) bond motifs is 1. The molecule has 3 nitrogen and oxygen atoms in total. The van der Waals surface area contributed by atoms with Crippen molar-refractivity contribution in [2.24, 2.45) is 5.73 Å². The first-order valence-electron chi connectivity index (χ1n) is 6.61. The van der Waals surface area contributed by atoms with E-state index in [0.717, 1.165) is 16.5 Å². The maximum absolute atomic E-state index is 12.2. The highest BCUT2D eigenvalue weighted by Gasteiger charge is 2.31. The molecule has 0 bridgehead atoms. The van der Waals surface area contributed by atoms with E-state index in [0.29, 0.717) is 5.56 Å². The van der Waals surface area contributed by atoms with Crippen molar-refractivity contribution >= 4 is 23.3 Å². The van der Waals surface area contributed by atoms with Crippen LogP contribution in [0.1, 0.15) is 17.2 Å². The van der Waals surface area contributed by atoms with Crippen molar-refractivity contribution in [3.8, 4) is 5.75 Å². The van der Waals surface area contributed by atoms with Gasteiger partial charge in [0.05, 0.1) is 6.04 Å². The lowest BCUT2D eigenvalue weighted by atomic mass is 9.97. The van der Waals surface area contributed by atoms with Crippen LogP contribution in [0.3, 0.4) is 0 Å². The van der Waals surface area contributed by atoms with E-state index in [2.05, 4.69) is 9.72 Å². The van der Waals surface area contributed by atoms with Gasteiger partial charge in [-0.2, -0.15) is 0 Å². The lowest BCUT2D eigenvalue weighted by Gasteiger charge is -2.15. The van der Waals surface area contributed by atoms with Gasteiger partial charge in [0, 0.05) is 17.1 Å². The largest absolute Gasteiger partial charge is 0.573 e. The van der Waals surface area contributed by atoms with Gasteiger partial charge in [0.25, 0.3) is 0 Å². The quantitative estimate of drug-likeness (QED) is 0.734. The molecule has 1 aromatic heterocycles. The molecule has 0 aliphatic heterocycles. The molecule has 1 atom stereocenters. The van der Waals surface area contributed by atoms with Gasteiger partial charge in [0.15, 0.2) is 0 Å². The average Bonchev–Trinajstić information content (AvgIpc) is 2.94. The molecule has 0 saturated carbocycles. The Morgan fingerprint density at radius 2 is 1.70 bits per heavy atom. The Morgan fingerprint density at radius 3 is 2.35 bits per heavy atom. The Morgan fingerprint density at radius 1 is 1.00 bits per heavy atom. The van der Waals surface area contributed by atoms with E-state index in [-0.39, 0.29) is 18.2 Å². The molecular formula is C16H14ClF3N2O. The van der Waals surface area contributed by atoms with Crippen molar-refractivity contribution in [1.29, 1.82) is 0 Å². The molecule has 0 fully saturated rings. The second-order valence-corrected chi connectivity index (χ2v) is 4.88. The van der Waals surface area contributed by atoms with Gasteiger partial charge in [-0.05, 0) is 35.4 Å². The summed E-state index contributed by atoms with van der Waals surface area (Å²) < 4.78 is 40.3. The zero-order valence-electron chi connectivity index (χ0n) is 11.8. The maximum Gasteiger partial charge on any atom is 0.573 e. The van der Waals surface area contributed by atoms with Crippen molar-refractivity contribution in [3.63, 3.8) is 0 Å². The summed E-state index contributed by atoms with van der Waals surface area (Å²) in [4.78, 5) is 3.10. The third-order valence-corrected chi connectivity index (χ3v) is 3.44. The number of hydrogen-bond donors (Lipinski definition) is 2. The molecule has 7 heteroatoms. The summed E-state index contributed by atoms with van der Waals surface area (Å²) in [6.07, 6.45) is -2.87. The number of nitrogens with two attached hydrogens (primary N) is 1. The van der Waals surface area contributed by atoms with Crippen LogP contribution in [-0.4, -0.2) is 11.3 Å². The Hall–Kier alpha value is -2.18. The van der Waals surface area contributed by atoms with E-state index >= 15 is 0 Å². The molecule has 0 aliphatic rings. The topological polar surface area (TPSA) is 51.0 Å². The molecule has 1 heterocycles. The van der Waals surface area contributed by atoms with Crippen molar-refractivity contribution in [2.45, 2.75) is 12.4 Å². The molecule has 0 spiro atoms. The summed E-state index contributed by atoms with van der Waals surface area (Å²) in [5.41, 5.74) is 8.82. The summed E-state index contributed by atoms with van der Waals surface area (Å²) in [5, 5.41) is 0.991. The van der Waals surface area contributed by atoms with Crippen molar-refractivity contribution in [3.05, 3.63) is 65.9 Å². The smallest absolute Gasteiger partial charge is 0.406 e. The zero-order chi connectivity index (χ0) is 15.7. The van der Waals surface area contributed by atoms with E-state index in [9.17, 15) is 13.2 Å². The number of nitrogens with one attached hydrogen (secondary N) is 1. The van der Waals surface area contributed by atoms with Crippen LogP contribution in [0.4, 0.5) is 13.2 Å². The lowest BCUT2D eigenvalue weighted by Crippen LogP contribution is -2.17. The number of alkyl halides is 3. The van der Waals surface area contributed by atoms with Crippen LogP contribution in [0, 0.1) is 0 Å². The van der Waals surface area contributed by atoms with Crippen molar-refractivity contribution in [1.82, 2.24) is 4.98 Å². The average molecular weight is 343 g/mol. The van der Waals surface area contributed by atoms with Gasteiger partial charge in [-0.15, -0.1) is 25.6 Å². The Labute approximate surface area is 136 Å². The molecule has 3 aromatic rings. The number of hydrogen-bond acceptors (Lipinski definition) is 2. The molecule has 23 heavy (non-hydrogen) atoms. The molecule has 0 radical (unpaired) electrons. The fourth-order valence-electron chi connectivity index (χ4n) is 2.44. The fourth-order valence-corrected chi connectivity index (χ4v) is 2.44. The van der Waals surface area contributed by atoms with Crippen LogP contribution in [0.2, 0.25) is 0 Å². The standard InChI is InChI=1S/C16H13F3N2O.ClH/c17-16(18,19)22-11-6-4-10(5-7-11)15(20)13-2-1-3-14-12(13)8-9-21-14;/h1-9,15,21H,20H2;1H/t15-;/m0./s1. The minimum Gasteiger partial charge on any atom is -0.406 e. The maximum atomic E-state index is 12.2. The van der Waals surface area contributed by atoms with Gasteiger partial charge in [0.2, 0.25) is 0 Å². The summed E-state index contributed by atoms with van der Waals surface area (Å²) >= 11 is 0. The predicted octanol–water partition coefficient (Wildman–Crippen LogP) is 4.54. The van der Waals surface area contributed by atoms with Crippen LogP contribution in [0.15, 0.2) is 54.7 Å². The van der Waals surface area contributed by atoms with E-state index in [1.165, 1.54) is 24.3 Å². The van der Waals surface area contributed by atoms with E-state index in [1.54, 1.807) is 0 Å². The van der Waals surface area contributed by atoms with Crippen LogP contribution >= 0.6 is 12.4 Å². The number of halogens is 4. The molecular weight excluding hydrogens is 329 g/mol. The highest BCUT2D eigenvalue weighted by Crippen LogP contribution is 2.29. The summed E-state index contributed by atoms with van der Waals surface area (Å²) in [6, 6.07) is 12.8. The zero-order valence-corrected chi connectivity index (χ0v) is 12.6. The third-order valence-electron chi connectivity index (χ3n) is 3.44. The second kappa shape index (κ2) is 6.52. The number of rotatable bonds is 3. The molecule has 0 amide bonds. The molecule has 0 saturated heterocycles. The number of aromatic nitrogens is 1. The summed E-state index contributed by atoms with van der Waals surface area (Å²) in [5.74, 6) is -0.261. The Balaban J connectivity index is 0.00000192. The van der Waals surface area contributed by atoms with E-state index in [1.807, 2.05) is 30.5 Å². The fraction of sp³-hybridized carbons (Fsp3) is 0.125. The van der Waals surface area contributed by atoms with Crippen molar-refractivity contribution in [2.75, 3.05) is 0 Å². The molecule has 3 N–H and O–H groups in total. The minimum absolute atomic E-state index is 0. The first-order valence-corrected chi connectivity index (χ1v) is 6.61. The van der Waals surface area contributed by atoms with E-state index in [4.69, 9.17) is 5.73 Å². The number of H-pyrrole nitrogens is 1. The highest BCUT2D eigenvalue weighted by molar-refractivity contribution is 5.85. The molecule has 3 rings (SSSR count). The Bertz CT molecular complexity index is 784. The number of benzene rings is 2.